The first-order valence-electron chi connectivity index (χ1n) is 7.35. The van der Waals surface area contributed by atoms with E-state index in [0.717, 1.165) is 27.7 Å². The highest BCUT2D eigenvalue weighted by molar-refractivity contribution is 6.09. The maximum atomic E-state index is 11.8. The zero-order valence-corrected chi connectivity index (χ0v) is 12.3. The van der Waals surface area contributed by atoms with Crippen molar-refractivity contribution in [3.8, 4) is 11.1 Å². The number of benzene rings is 3. The van der Waals surface area contributed by atoms with Gasteiger partial charge in [0.05, 0.1) is 0 Å². The molecule has 4 rings (SSSR count). The van der Waals surface area contributed by atoms with E-state index in [9.17, 15) is 4.79 Å². The van der Waals surface area contributed by atoms with Crippen LogP contribution in [0.25, 0.3) is 32.9 Å². The Hall–Kier alpha value is -2.87. The first kappa shape index (κ1) is 12.8. The maximum absolute atomic E-state index is 11.8. The number of H-pyrrole nitrogens is 1. The van der Waals surface area contributed by atoms with Gasteiger partial charge in [-0.25, -0.2) is 0 Å². The Bertz CT molecular complexity index is 1010. The van der Waals surface area contributed by atoms with Crippen LogP contribution in [-0.4, -0.2) is 10.8 Å². The van der Waals surface area contributed by atoms with Crippen molar-refractivity contribution >= 4 is 27.6 Å². The van der Waals surface area contributed by atoms with Gasteiger partial charge < -0.3 is 4.98 Å². The number of Topliss-reactive ketones (excluding diaryl/α,β-unsaturated/α-hetero) is 1. The van der Waals surface area contributed by atoms with Crippen molar-refractivity contribution in [2.24, 2.45) is 0 Å². The number of carbonyl (C=O) groups is 1. The van der Waals surface area contributed by atoms with Gasteiger partial charge in [-0.15, -0.1) is 0 Å². The highest BCUT2D eigenvalue weighted by Crippen LogP contribution is 2.31. The van der Waals surface area contributed by atoms with Gasteiger partial charge >= 0.3 is 0 Å². The van der Waals surface area contributed by atoms with Gasteiger partial charge in [0.25, 0.3) is 0 Å². The van der Waals surface area contributed by atoms with Gasteiger partial charge in [-0.2, -0.15) is 0 Å². The SMILES string of the molecule is CC(=O)c1ccccc1-c1ccc2c(c1)[nH]c1ccccc12. The number of hydrogen-bond acceptors (Lipinski definition) is 1. The summed E-state index contributed by atoms with van der Waals surface area (Å²) in [6.07, 6.45) is 0. The molecule has 0 fully saturated rings. The van der Waals surface area contributed by atoms with Crippen molar-refractivity contribution in [1.29, 1.82) is 0 Å². The van der Waals surface area contributed by atoms with Crippen molar-refractivity contribution < 1.29 is 4.79 Å². The van der Waals surface area contributed by atoms with Crippen LogP contribution in [0.4, 0.5) is 0 Å². The average Bonchev–Trinajstić information content (AvgIpc) is 2.92. The number of hydrogen-bond donors (Lipinski definition) is 1. The van der Waals surface area contributed by atoms with E-state index in [1.807, 2.05) is 30.3 Å². The summed E-state index contributed by atoms with van der Waals surface area (Å²) in [6.45, 7) is 1.61. The third-order valence-corrected chi connectivity index (χ3v) is 4.12. The Kier molecular flexibility index (Phi) is 2.83. The quantitative estimate of drug-likeness (QED) is 0.505. The summed E-state index contributed by atoms with van der Waals surface area (Å²) in [5, 5.41) is 2.43. The van der Waals surface area contributed by atoms with E-state index in [-0.39, 0.29) is 5.78 Å². The summed E-state index contributed by atoms with van der Waals surface area (Å²) in [5.74, 6) is 0.0901. The fourth-order valence-electron chi connectivity index (χ4n) is 3.06. The second kappa shape index (κ2) is 4.85. The lowest BCUT2D eigenvalue weighted by atomic mass is 9.96. The standard InChI is InChI=1S/C20H15NO/c1-13(22)15-6-2-3-7-16(15)14-10-11-18-17-8-4-5-9-19(17)21-20(18)12-14/h2-12,21H,1H3. The lowest BCUT2D eigenvalue weighted by molar-refractivity contribution is 0.101. The van der Waals surface area contributed by atoms with Crippen LogP contribution in [0.15, 0.2) is 66.7 Å². The van der Waals surface area contributed by atoms with Crippen LogP contribution < -0.4 is 0 Å². The molecule has 0 saturated heterocycles. The highest BCUT2D eigenvalue weighted by atomic mass is 16.1. The lowest BCUT2D eigenvalue weighted by Crippen LogP contribution is -1.95. The molecule has 2 nitrogen and oxygen atoms in total. The van der Waals surface area contributed by atoms with Crippen LogP contribution in [0.1, 0.15) is 17.3 Å². The van der Waals surface area contributed by atoms with E-state index in [1.54, 1.807) is 6.92 Å². The molecule has 0 spiro atoms. The fourth-order valence-corrected chi connectivity index (χ4v) is 3.06. The van der Waals surface area contributed by atoms with Crippen LogP contribution in [-0.2, 0) is 0 Å². The Morgan fingerprint density at radius 3 is 2.41 bits per heavy atom. The van der Waals surface area contributed by atoms with Crippen LogP contribution >= 0.6 is 0 Å². The average molecular weight is 285 g/mol. The summed E-state index contributed by atoms with van der Waals surface area (Å²) < 4.78 is 0. The molecule has 0 amide bonds. The van der Waals surface area contributed by atoms with Gasteiger partial charge in [0.15, 0.2) is 5.78 Å². The predicted octanol–water partition coefficient (Wildman–Crippen LogP) is 5.19. The third-order valence-electron chi connectivity index (χ3n) is 4.12. The molecule has 1 N–H and O–H groups in total. The Labute approximate surface area is 128 Å². The molecule has 3 aromatic carbocycles. The molecule has 0 aliphatic heterocycles. The second-order valence-electron chi connectivity index (χ2n) is 5.53. The summed E-state index contributed by atoms with van der Waals surface area (Å²) in [5.41, 5.74) is 5.03. The molecule has 0 unspecified atom stereocenters. The van der Waals surface area contributed by atoms with Crippen LogP contribution in [0, 0.1) is 0 Å². The first-order chi connectivity index (χ1) is 10.7. The molecule has 2 heteroatoms. The van der Waals surface area contributed by atoms with E-state index in [0.29, 0.717) is 0 Å². The number of para-hydroxylation sites is 1. The van der Waals surface area contributed by atoms with Gasteiger partial charge in [-0.1, -0.05) is 54.6 Å². The fraction of sp³-hybridized carbons (Fsp3) is 0.0500. The number of aromatic nitrogens is 1. The van der Waals surface area contributed by atoms with Gasteiger partial charge in [0.2, 0.25) is 0 Å². The van der Waals surface area contributed by atoms with Crippen LogP contribution in [0.2, 0.25) is 0 Å². The van der Waals surface area contributed by atoms with Crippen molar-refractivity contribution in [2.45, 2.75) is 6.92 Å². The number of nitrogens with one attached hydrogen (secondary N) is 1. The van der Waals surface area contributed by atoms with Gasteiger partial charge in [-0.05, 0) is 30.2 Å². The molecule has 22 heavy (non-hydrogen) atoms. The number of carbonyl (C=O) groups excluding carboxylic acids is 1. The van der Waals surface area contributed by atoms with E-state index in [2.05, 4.69) is 41.4 Å². The molecule has 1 heterocycles. The third kappa shape index (κ3) is 1.92. The maximum Gasteiger partial charge on any atom is 0.160 e. The molecule has 4 aromatic rings. The molecule has 106 valence electrons. The predicted molar refractivity (Wildman–Crippen MR) is 91.2 cm³/mol. The van der Waals surface area contributed by atoms with Crippen LogP contribution in [0.5, 0.6) is 0 Å². The molecule has 0 radical (unpaired) electrons. The summed E-state index contributed by atoms with van der Waals surface area (Å²) >= 11 is 0. The second-order valence-corrected chi connectivity index (χ2v) is 5.53. The Morgan fingerprint density at radius 1 is 0.818 bits per heavy atom. The zero-order valence-electron chi connectivity index (χ0n) is 12.3. The number of aromatic amines is 1. The first-order valence-corrected chi connectivity index (χ1v) is 7.35. The molecule has 0 atom stereocenters. The molecule has 0 bridgehead atoms. The van der Waals surface area contributed by atoms with Crippen molar-refractivity contribution in [3.05, 3.63) is 72.3 Å². The van der Waals surface area contributed by atoms with E-state index < -0.39 is 0 Å². The topological polar surface area (TPSA) is 32.9 Å². The van der Waals surface area contributed by atoms with Crippen molar-refractivity contribution in [2.75, 3.05) is 0 Å². The molecular weight excluding hydrogens is 270 g/mol. The van der Waals surface area contributed by atoms with Gasteiger partial charge in [-0.3, -0.25) is 4.79 Å². The van der Waals surface area contributed by atoms with Gasteiger partial charge in [0.1, 0.15) is 0 Å². The minimum absolute atomic E-state index is 0.0901. The molecule has 1 aromatic heterocycles. The smallest absolute Gasteiger partial charge is 0.160 e. The molecule has 0 saturated carbocycles. The number of ketones is 1. The van der Waals surface area contributed by atoms with Crippen LogP contribution in [0.3, 0.4) is 0 Å². The summed E-state index contributed by atoms with van der Waals surface area (Å²) in [7, 11) is 0. The highest BCUT2D eigenvalue weighted by Gasteiger charge is 2.10. The number of fused-ring (bicyclic) bond motifs is 3. The molecule has 0 aliphatic rings. The minimum atomic E-state index is 0.0901. The zero-order chi connectivity index (χ0) is 15.1. The van der Waals surface area contributed by atoms with Crippen molar-refractivity contribution in [1.82, 2.24) is 4.98 Å². The normalized spacial score (nSPS) is 11.1. The van der Waals surface area contributed by atoms with E-state index in [1.165, 1.54) is 10.8 Å². The molecule has 0 aliphatic carbocycles. The van der Waals surface area contributed by atoms with Gasteiger partial charge in [0, 0.05) is 27.4 Å². The Balaban J connectivity index is 1.97. The number of rotatable bonds is 2. The Morgan fingerprint density at radius 2 is 1.55 bits per heavy atom. The molecular formula is C20H15NO. The lowest BCUT2D eigenvalue weighted by Gasteiger charge is -2.07. The summed E-state index contributed by atoms with van der Waals surface area (Å²) in [4.78, 5) is 15.3. The minimum Gasteiger partial charge on any atom is -0.354 e. The largest absolute Gasteiger partial charge is 0.354 e. The van der Waals surface area contributed by atoms with Crippen molar-refractivity contribution in [3.63, 3.8) is 0 Å². The monoisotopic (exact) mass is 285 g/mol. The van der Waals surface area contributed by atoms with E-state index >= 15 is 0 Å². The van der Waals surface area contributed by atoms with E-state index in [4.69, 9.17) is 0 Å². The summed E-state index contributed by atoms with van der Waals surface area (Å²) in [6, 6.07) is 22.4.